The molecule has 0 saturated carbocycles. The van der Waals surface area contributed by atoms with E-state index in [1.165, 1.54) is 15.3 Å². The van der Waals surface area contributed by atoms with E-state index in [-0.39, 0.29) is 36.6 Å². The number of aromatic nitrogens is 1. The third kappa shape index (κ3) is 4.37. The first-order chi connectivity index (χ1) is 15.3. The largest absolute Gasteiger partial charge is 0.336 e. The Bertz CT molecular complexity index is 1310. The first-order valence-corrected chi connectivity index (χ1v) is 11.9. The van der Waals surface area contributed by atoms with Gasteiger partial charge in [-0.05, 0) is 49.7 Å². The molecule has 1 amide bonds. The van der Waals surface area contributed by atoms with Gasteiger partial charge in [0.15, 0.2) is 0 Å². The van der Waals surface area contributed by atoms with Gasteiger partial charge in [-0.3, -0.25) is 9.59 Å². The van der Waals surface area contributed by atoms with E-state index in [2.05, 4.69) is 4.98 Å². The summed E-state index contributed by atoms with van der Waals surface area (Å²) < 4.78 is 27.1. The number of aromatic amines is 1. The summed E-state index contributed by atoms with van der Waals surface area (Å²) >= 11 is 0. The number of nitrogens with zero attached hydrogens (tertiary/aromatic N) is 2. The van der Waals surface area contributed by atoms with Crippen LogP contribution in [0.15, 0.2) is 70.4 Å². The maximum atomic E-state index is 12.9. The molecule has 2 heterocycles. The lowest BCUT2D eigenvalue weighted by molar-refractivity contribution is 0.0696. The number of carbonyl (C=O) groups is 1. The standard InChI is InChI=1S/C24H25N3O4S/c1-17-6-8-20(9-7-17)32(30,31)27-14-12-26(13-15-27)24(29)21-10-11-22(25-23(21)28)19-5-3-4-18(2)16-19/h3-11,16H,12-15H2,1-2H3,(H,25,28). The Balaban J connectivity index is 1.46. The van der Waals surface area contributed by atoms with Crippen LogP contribution in [0.4, 0.5) is 0 Å². The predicted molar refractivity (Wildman–Crippen MR) is 123 cm³/mol. The molecule has 0 atom stereocenters. The Labute approximate surface area is 187 Å². The van der Waals surface area contributed by atoms with Crippen molar-refractivity contribution in [1.82, 2.24) is 14.2 Å². The summed E-state index contributed by atoms with van der Waals surface area (Å²) in [4.78, 5) is 30.1. The molecule has 0 unspecified atom stereocenters. The lowest BCUT2D eigenvalue weighted by Gasteiger charge is -2.34. The van der Waals surface area contributed by atoms with Crippen molar-refractivity contribution >= 4 is 15.9 Å². The number of amides is 1. The summed E-state index contributed by atoms with van der Waals surface area (Å²) in [6.45, 7) is 4.68. The monoisotopic (exact) mass is 451 g/mol. The highest BCUT2D eigenvalue weighted by molar-refractivity contribution is 7.89. The Morgan fingerprint density at radius 2 is 1.56 bits per heavy atom. The summed E-state index contributed by atoms with van der Waals surface area (Å²) in [5.41, 5.74) is 3.17. The van der Waals surface area contributed by atoms with Gasteiger partial charge in [0, 0.05) is 31.9 Å². The summed E-state index contributed by atoms with van der Waals surface area (Å²) in [6.07, 6.45) is 0. The molecule has 0 aliphatic carbocycles. The highest BCUT2D eigenvalue weighted by Gasteiger charge is 2.31. The van der Waals surface area contributed by atoms with E-state index in [1.54, 1.807) is 30.3 Å². The molecule has 1 fully saturated rings. The predicted octanol–water partition coefficient (Wildman–Crippen LogP) is 2.81. The number of benzene rings is 2. The van der Waals surface area contributed by atoms with E-state index in [1.807, 2.05) is 38.1 Å². The summed E-state index contributed by atoms with van der Waals surface area (Å²) in [5, 5.41) is 0. The second kappa shape index (κ2) is 8.72. The van der Waals surface area contributed by atoms with Crippen LogP contribution in [0.5, 0.6) is 0 Å². The van der Waals surface area contributed by atoms with Crippen molar-refractivity contribution in [2.24, 2.45) is 0 Å². The van der Waals surface area contributed by atoms with Crippen molar-refractivity contribution in [3.63, 3.8) is 0 Å². The Morgan fingerprint density at radius 3 is 2.19 bits per heavy atom. The number of hydrogen-bond acceptors (Lipinski definition) is 4. The van der Waals surface area contributed by atoms with Gasteiger partial charge in [-0.25, -0.2) is 8.42 Å². The topological polar surface area (TPSA) is 90.6 Å². The molecule has 166 valence electrons. The van der Waals surface area contributed by atoms with Gasteiger partial charge in [0.05, 0.1) is 4.90 Å². The van der Waals surface area contributed by atoms with Gasteiger partial charge in [-0.1, -0.05) is 41.5 Å². The highest BCUT2D eigenvalue weighted by Crippen LogP contribution is 2.20. The minimum absolute atomic E-state index is 0.0521. The number of hydrogen-bond donors (Lipinski definition) is 1. The number of sulfonamides is 1. The first-order valence-electron chi connectivity index (χ1n) is 10.4. The van der Waals surface area contributed by atoms with Gasteiger partial charge >= 0.3 is 0 Å². The number of piperazine rings is 1. The fourth-order valence-corrected chi connectivity index (χ4v) is 5.21. The molecular weight excluding hydrogens is 426 g/mol. The number of nitrogens with one attached hydrogen (secondary N) is 1. The highest BCUT2D eigenvalue weighted by atomic mass is 32.2. The molecule has 1 aromatic heterocycles. The lowest BCUT2D eigenvalue weighted by atomic mass is 10.1. The molecule has 1 N–H and O–H groups in total. The molecule has 0 bridgehead atoms. The lowest BCUT2D eigenvalue weighted by Crippen LogP contribution is -2.51. The van der Waals surface area contributed by atoms with E-state index in [0.717, 1.165) is 16.7 Å². The zero-order valence-electron chi connectivity index (χ0n) is 18.0. The number of aryl methyl sites for hydroxylation is 2. The zero-order valence-corrected chi connectivity index (χ0v) is 18.9. The van der Waals surface area contributed by atoms with Crippen LogP contribution in [0.3, 0.4) is 0 Å². The van der Waals surface area contributed by atoms with Crippen LogP contribution in [0.25, 0.3) is 11.3 Å². The Kier molecular flexibility index (Phi) is 5.99. The van der Waals surface area contributed by atoms with Crippen LogP contribution < -0.4 is 5.56 Å². The summed E-state index contributed by atoms with van der Waals surface area (Å²) in [7, 11) is -3.61. The van der Waals surface area contributed by atoms with Crippen LogP contribution in [-0.2, 0) is 10.0 Å². The Morgan fingerprint density at radius 1 is 0.875 bits per heavy atom. The van der Waals surface area contributed by atoms with Crippen molar-refractivity contribution in [2.45, 2.75) is 18.7 Å². The van der Waals surface area contributed by atoms with Gasteiger partial charge in [0.1, 0.15) is 5.56 Å². The van der Waals surface area contributed by atoms with Gasteiger partial charge < -0.3 is 9.88 Å². The van der Waals surface area contributed by atoms with Gasteiger partial charge in [0.25, 0.3) is 11.5 Å². The van der Waals surface area contributed by atoms with Crippen LogP contribution >= 0.6 is 0 Å². The van der Waals surface area contributed by atoms with Crippen molar-refractivity contribution < 1.29 is 13.2 Å². The molecule has 1 aliphatic heterocycles. The van der Waals surface area contributed by atoms with E-state index in [4.69, 9.17) is 0 Å². The number of carbonyl (C=O) groups excluding carboxylic acids is 1. The minimum atomic E-state index is -3.61. The SMILES string of the molecule is Cc1ccc(S(=O)(=O)N2CCN(C(=O)c3ccc(-c4cccc(C)c4)[nH]c3=O)CC2)cc1. The van der Waals surface area contributed by atoms with Crippen LogP contribution in [0.2, 0.25) is 0 Å². The van der Waals surface area contributed by atoms with Crippen LogP contribution in [-0.4, -0.2) is 54.7 Å². The molecule has 0 radical (unpaired) electrons. The number of H-pyrrole nitrogens is 1. The van der Waals surface area contributed by atoms with Gasteiger partial charge in [-0.2, -0.15) is 4.31 Å². The molecule has 7 nitrogen and oxygen atoms in total. The average Bonchev–Trinajstić information content (AvgIpc) is 2.79. The molecule has 1 saturated heterocycles. The molecule has 4 rings (SSSR count). The molecule has 32 heavy (non-hydrogen) atoms. The molecule has 1 aliphatic rings. The second-order valence-corrected chi connectivity index (χ2v) is 9.93. The molecule has 8 heteroatoms. The first kappa shape index (κ1) is 22.0. The Hall–Kier alpha value is -3.23. The summed E-state index contributed by atoms with van der Waals surface area (Å²) in [6, 6.07) is 17.7. The maximum Gasteiger partial charge on any atom is 0.261 e. The van der Waals surface area contributed by atoms with Gasteiger partial charge in [-0.15, -0.1) is 0 Å². The third-order valence-electron chi connectivity index (χ3n) is 5.65. The van der Waals surface area contributed by atoms with Crippen molar-refractivity contribution in [1.29, 1.82) is 0 Å². The molecule has 2 aromatic carbocycles. The zero-order chi connectivity index (χ0) is 22.9. The average molecular weight is 452 g/mol. The van der Waals surface area contributed by atoms with Crippen LogP contribution in [0, 0.1) is 13.8 Å². The van der Waals surface area contributed by atoms with Gasteiger partial charge in [0.2, 0.25) is 10.0 Å². The number of rotatable bonds is 4. The van der Waals surface area contributed by atoms with Crippen molar-refractivity contribution in [2.75, 3.05) is 26.2 Å². The molecular formula is C24H25N3O4S. The van der Waals surface area contributed by atoms with E-state index >= 15 is 0 Å². The van der Waals surface area contributed by atoms with E-state index < -0.39 is 21.5 Å². The summed E-state index contributed by atoms with van der Waals surface area (Å²) in [5.74, 6) is -0.394. The number of pyridine rings is 1. The maximum absolute atomic E-state index is 12.9. The fourth-order valence-electron chi connectivity index (χ4n) is 3.78. The fraction of sp³-hybridized carbons (Fsp3) is 0.250. The smallest absolute Gasteiger partial charge is 0.261 e. The van der Waals surface area contributed by atoms with Crippen LogP contribution in [0.1, 0.15) is 21.5 Å². The minimum Gasteiger partial charge on any atom is -0.336 e. The molecule has 0 spiro atoms. The molecule has 3 aromatic rings. The van der Waals surface area contributed by atoms with E-state index in [0.29, 0.717) is 5.69 Å². The third-order valence-corrected chi connectivity index (χ3v) is 7.57. The van der Waals surface area contributed by atoms with E-state index in [9.17, 15) is 18.0 Å². The van der Waals surface area contributed by atoms with Crippen molar-refractivity contribution in [3.8, 4) is 11.3 Å². The van der Waals surface area contributed by atoms with Crippen molar-refractivity contribution in [3.05, 3.63) is 87.7 Å². The second-order valence-electron chi connectivity index (χ2n) is 7.99. The quantitative estimate of drug-likeness (QED) is 0.660. The normalized spacial score (nSPS) is 15.0.